The Bertz CT molecular complexity index is 436. The first-order chi connectivity index (χ1) is 9.76. The third-order valence-electron chi connectivity index (χ3n) is 4.95. The topological polar surface area (TPSA) is 15.3 Å². The molecule has 0 saturated carbocycles. The Morgan fingerprint density at radius 2 is 1.90 bits per heavy atom. The third-order valence-corrected chi connectivity index (χ3v) is 4.95. The average molecular weight is 276 g/mol. The van der Waals surface area contributed by atoms with E-state index in [2.05, 4.69) is 17.1 Å². The predicted molar refractivity (Wildman–Crippen MR) is 81.6 cm³/mol. The number of halogens is 1. The zero-order valence-electron chi connectivity index (χ0n) is 12.3. The van der Waals surface area contributed by atoms with E-state index in [1.165, 1.54) is 32.1 Å². The van der Waals surface area contributed by atoms with E-state index < -0.39 is 0 Å². The number of benzene rings is 1. The van der Waals surface area contributed by atoms with Gasteiger partial charge in [0.1, 0.15) is 5.82 Å². The minimum Gasteiger partial charge on any atom is -0.369 e. The fourth-order valence-corrected chi connectivity index (χ4v) is 3.91. The van der Waals surface area contributed by atoms with Gasteiger partial charge in [0.2, 0.25) is 0 Å². The fourth-order valence-electron chi connectivity index (χ4n) is 3.91. The standard InChI is InChI=1S/C17H25FN2/c1-2-20(17-6-4-3-5-16(17)18)10-9-13-11-14-7-8-15(12-13)19-14/h3-6,13-15,19H,2,7-12H2,1H3. The Balaban J connectivity index is 1.57. The van der Waals surface area contributed by atoms with E-state index in [1.54, 1.807) is 12.1 Å². The van der Waals surface area contributed by atoms with Crippen molar-refractivity contribution < 1.29 is 4.39 Å². The molecule has 2 nitrogen and oxygen atoms in total. The lowest BCUT2D eigenvalue weighted by molar-refractivity contribution is 0.287. The number of hydrogen-bond donors (Lipinski definition) is 1. The van der Waals surface area contributed by atoms with Crippen LogP contribution in [-0.2, 0) is 0 Å². The van der Waals surface area contributed by atoms with Gasteiger partial charge in [0, 0.05) is 25.2 Å². The molecule has 0 spiro atoms. The molecule has 2 saturated heterocycles. The number of anilines is 1. The van der Waals surface area contributed by atoms with Gasteiger partial charge < -0.3 is 10.2 Å². The molecule has 2 unspecified atom stereocenters. The van der Waals surface area contributed by atoms with Crippen LogP contribution >= 0.6 is 0 Å². The molecular weight excluding hydrogens is 251 g/mol. The maximum Gasteiger partial charge on any atom is 0.146 e. The van der Waals surface area contributed by atoms with E-state index in [0.29, 0.717) is 0 Å². The van der Waals surface area contributed by atoms with E-state index in [0.717, 1.165) is 36.8 Å². The maximum absolute atomic E-state index is 13.9. The lowest BCUT2D eigenvalue weighted by atomic mass is 9.89. The second kappa shape index (κ2) is 6.13. The van der Waals surface area contributed by atoms with Crippen molar-refractivity contribution >= 4 is 5.69 Å². The number of piperidine rings is 1. The van der Waals surface area contributed by atoms with Crippen LogP contribution in [0.15, 0.2) is 24.3 Å². The van der Waals surface area contributed by atoms with Crippen LogP contribution in [0.5, 0.6) is 0 Å². The van der Waals surface area contributed by atoms with E-state index in [9.17, 15) is 4.39 Å². The molecule has 20 heavy (non-hydrogen) atoms. The highest BCUT2D eigenvalue weighted by atomic mass is 19.1. The van der Waals surface area contributed by atoms with Gasteiger partial charge in [-0.2, -0.15) is 0 Å². The van der Waals surface area contributed by atoms with Gasteiger partial charge in [-0.3, -0.25) is 0 Å². The summed E-state index contributed by atoms with van der Waals surface area (Å²) in [5, 5.41) is 3.69. The molecule has 2 atom stereocenters. The van der Waals surface area contributed by atoms with Gasteiger partial charge in [-0.25, -0.2) is 4.39 Å². The Morgan fingerprint density at radius 1 is 1.20 bits per heavy atom. The first kappa shape index (κ1) is 13.9. The molecule has 1 N–H and O–H groups in total. The first-order valence-corrected chi connectivity index (χ1v) is 8.01. The number of nitrogens with zero attached hydrogens (tertiary/aromatic N) is 1. The maximum atomic E-state index is 13.9. The predicted octanol–water partition coefficient (Wildman–Crippen LogP) is 3.57. The Labute approximate surface area is 121 Å². The van der Waals surface area contributed by atoms with Crippen LogP contribution in [0.1, 0.15) is 39.0 Å². The highest BCUT2D eigenvalue weighted by Gasteiger charge is 2.33. The van der Waals surface area contributed by atoms with Gasteiger partial charge >= 0.3 is 0 Å². The van der Waals surface area contributed by atoms with Crippen LogP contribution in [0.4, 0.5) is 10.1 Å². The van der Waals surface area contributed by atoms with Crippen LogP contribution in [0.3, 0.4) is 0 Å². The van der Waals surface area contributed by atoms with E-state index in [1.807, 2.05) is 12.1 Å². The normalized spacial score (nSPS) is 28.6. The van der Waals surface area contributed by atoms with Gasteiger partial charge in [-0.15, -0.1) is 0 Å². The van der Waals surface area contributed by atoms with Crippen molar-refractivity contribution in [2.75, 3.05) is 18.0 Å². The Morgan fingerprint density at radius 3 is 2.55 bits per heavy atom. The summed E-state index contributed by atoms with van der Waals surface area (Å²) >= 11 is 0. The molecule has 3 heteroatoms. The van der Waals surface area contributed by atoms with E-state index >= 15 is 0 Å². The van der Waals surface area contributed by atoms with Crippen molar-refractivity contribution in [3.8, 4) is 0 Å². The van der Waals surface area contributed by atoms with E-state index in [4.69, 9.17) is 0 Å². The zero-order valence-corrected chi connectivity index (χ0v) is 12.3. The molecular formula is C17H25FN2. The van der Waals surface area contributed by atoms with Gasteiger partial charge in [-0.1, -0.05) is 12.1 Å². The summed E-state index contributed by atoms with van der Waals surface area (Å²) in [4.78, 5) is 2.18. The number of hydrogen-bond acceptors (Lipinski definition) is 2. The fraction of sp³-hybridized carbons (Fsp3) is 0.647. The van der Waals surface area contributed by atoms with Crippen molar-refractivity contribution in [3.63, 3.8) is 0 Å². The second-order valence-electron chi connectivity index (χ2n) is 6.30. The highest BCUT2D eigenvalue weighted by molar-refractivity contribution is 5.47. The van der Waals surface area contributed by atoms with E-state index in [-0.39, 0.29) is 5.82 Å². The summed E-state index contributed by atoms with van der Waals surface area (Å²) in [7, 11) is 0. The van der Waals surface area contributed by atoms with Crippen LogP contribution < -0.4 is 10.2 Å². The SMILES string of the molecule is CCN(CCC1CC2CCC(C1)N2)c1ccccc1F. The first-order valence-electron chi connectivity index (χ1n) is 8.01. The summed E-state index contributed by atoms with van der Waals surface area (Å²) in [5.74, 6) is 0.717. The Hall–Kier alpha value is -1.09. The number of para-hydroxylation sites is 1. The Kier molecular flexibility index (Phi) is 4.25. The summed E-state index contributed by atoms with van der Waals surface area (Å²) in [5.41, 5.74) is 0.756. The zero-order chi connectivity index (χ0) is 13.9. The van der Waals surface area contributed by atoms with Crippen molar-refractivity contribution in [3.05, 3.63) is 30.1 Å². The minimum atomic E-state index is -0.0975. The summed E-state index contributed by atoms with van der Waals surface area (Å²) in [6.45, 7) is 3.96. The molecule has 2 aliphatic heterocycles. The molecule has 1 aromatic carbocycles. The van der Waals surface area contributed by atoms with Gasteiger partial charge in [0.25, 0.3) is 0 Å². The summed E-state index contributed by atoms with van der Waals surface area (Å²) < 4.78 is 13.9. The second-order valence-corrected chi connectivity index (χ2v) is 6.30. The lowest BCUT2D eigenvalue weighted by Crippen LogP contribution is -2.39. The summed E-state index contributed by atoms with van der Waals surface area (Å²) in [6, 6.07) is 8.64. The molecule has 110 valence electrons. The largest absolute Gasteiger partial charge is 0.369 e. The lowest BCUT2D eigenvalue weighted by Gasteiger charge is -2.31. The molecule has 1 aromatic rings. The van der Waals surface area contributed by atoms with Gasteiger partial charge in [0.05, 0.1) is 5.69 Å². The van der Waals surface area contributed by atoms with Crippen LogP contribution in [0.2, 0.25) is 0 Å². The molecule has 0 radical (unpaired) electrons. The molecule has 2 aliphatic rings. The number of nitrogens with one attached hydrogen (secondary N) is 1. The number of rotatable bonds is 5. The van der Waals surface area contributed by atoms with Crippen LogP contribution in [-0.4, -0.2) is 25.2 Å². The smallest absolute Gasteiger partial charge is 0.146 e. The van der Waals surface area contributed by atoms with Crippen molar-refractivity contribution in [1.29, 1.82) is 0 Å². The van der Waals surface area contributed by atoms with Crippen molar-refractivity contribution in [1.82, 2.24) is 5.32 Å². The molecule has 2 bridgehead atoms. The van der Waals surface area contributed by atoms with Crippen LogP contribution in [0, 0.1) is 11.7 Å². The third kappa shape index (κ3) is 2.98. The molecule has 0 aliphatic carbocycles. The average Bonchev–Trinajstić information content (AvgIpc) is 2.80. The van der Waals surface area contributed by atoms with Crippen molar-refractivity contribution in [2.24, 2.45) is 5.92 Å². The molecule has 0 amide bonds. The molecule has 3 rings (SSSR count). The summed E-state index contributed by atoms with van der Waals surface area (Å²) in [6.07, 6.45) is 6.52. The monoisotopic (exact) mass is 276 g/mol. The van der Waals surface area contributed by atoms with Crippen molar-refractivity contribution in [2.45, 2.75) is 51.1 Å². The number of fused-ring (bicyclic) bond motifs is 2. The minimum absolute atomic E-state index is 0.0975. The van der Waals surface area contributed by atoms with Gasteiger partial charge in [-0.05, 0) is 57.1 Å². The molecule has 2 fully saturated rings. The molecule has 2 heterocycles. The van der Waals surface area contributed by atoms with Crippen LogP contribution in [0.25, 0.3) is 0 Å². The quantitative estimate of drug-likeness (QED) is 0.884. The van der Waals surface area contributed by atoms with Gasteiger partial charge in [0.15, 0.2) is 0 Å². The highest BCUT2D eigenvalue weighted by Crippen LogP contribution is 2.33. The molecule has 0 aromatic heterocycles.